The summed E-state index contributed by atoms with van der Waals surface area (Å²) < 4.78 is 10.6. The number of anilines is 1. The molecule has 0 saturated heterocycles. The molecule has 3 rings (SSSR count). The molecule has 0 saturated carbocycles. The van der Waals surface area contributed by atoms with Gasteiger partial charge >= 0.3 is 0 Å². The van der Waals surface area contributed by atoms with Crippen LogP contribution in [0.25, 0.3) is 0 Å². The number of benzene rings is 2. The van der Waals surface area contributed by atoms with Crippen molar-refractivity contribution in [3.63, 3.8) is 0 Å². The first-order valence-corrected chi connectivity index (χ1v) is 9.34. The van der Waals surface area contributed by atoms with Crippen LogP contribution < -0.4 is 14.8 Å². The van der Waals surface area contributed by atoms with E-state index in [9.17, 15) is 4.79 Å². The first-order chi connectivity index (χ1) is 13.2. The van der Waals surface area contributed by atoms with E-state index in [1.165, 1.54) is 12.7 Å². The van der Waals surface area contributed by atoms with E-state index in [2.05, 4.69) is 16.4 Å². The van der Waals surface area contributed by atoms with Gasteiger partial charge in [-0.2, -0.15) is 0 Å². The Morgan fingerprint density at radius 3 is 2.52 bits per heavy atom. The van der Waals surface area contributed by atoms with Gasteiger partial charge in [0.05, 0.1) is 19.8 Å². The molecule has 1 N–H and O–H groups in total. The molecule has 0 radical (unpaired) electrons. The maximum atomic E-state index is 12.6. The maximum absolute atomic E-state index is 12.6. The van der Waals surface area contributed by atoms with Gasteiger partial charge in [-0.15, -0.1) is 11.8 Å². The van der Waals surface area contributed by atoms with Crippen LogP contribution in [0.5, 0.6) is 11.5 Å². The first-order valence-electron chi connectivity index (χ1n) is 8.35. The van der Waals surface area contributed by atoms with Crippen molar-refractivity contribution < 1.29 is 14.3 Å². The molecule has 0 fully saturated rings. The third-order valence-corrected chi connectivity index (χ3v) is 4.97. The monoisotopic (exact) mass is 380 g/mol. The van der Waals surface area contributed by atoms with E-state index in [0.29, 0.717) is 17.1 Å². The van der Waals surface area contributed by atoms with E-state index >= 15 is 0 Å². The normalized spacial score (nSPS) is 10.3. The number of nitrogens with zero attached hydrogens (tertiary/aromatic N) is 1. The Morgan fingerprint density at radius 2 is 1.85 bits per heavy atom. The van der Waals surface area contributed by atoms with Gasteiger partial charge in [-0.1, -0.05) is 12.1 Å². The second kappa shape index (κ2) is 9.09. The van der Waals surface area contributed by atoms with Crippen molar-refractivity contribution >= 4 is 23.4 Å². The Balaban J connectivity index is 1.65. The van der Waals surface area contributed by atoms with E-state index in [0.717, 1.165) is 16.3 Å². The minimum atomic E-state index is -0.249. The van der Waals surface area contributed by atoms with Crippen LogP contribution in [0, 0.1) is 0 Å². The lowest BCUT2D eigenvalue weighted by molar-refractivity contribution is 0.102. The SMILES string of the molecule is COc1cccc(C(=O)Nc2ccc(SCc3cccnc3)cc2)c1OC. The summed E-state index contributed by atoms with van der Waals surface area (Å²) in [6.45, 7) is 0. The smallest absolute Gasteiger partial charge is 0.259 e. The molecule has 3 aromatic rings. The minimum Gasteiger partial charge on any atom is -0.493 e. The highest BCUT2D eigenvalue weighted by molar-refractivity contribution is 7.98. The van der Waals surface area contributed by atoms with Gasteiger partial charge in [0, 0.05) is 28.7 Å². The highest BCUT2D eigenvalue weighted by Gasteiger charge is 2.16. The quantitative estimate of drug-likeness (QED) is 0.605. The van der Waals surface area contributed by atoms with Gasteiger partial charge in [-0.05, 0) is 48.0 Å². The minimum absolute atomic E-state index is 0.249. The topological polar surface area (TPSA) is 60.5 Å². The Hall–Kier alpha value is -2.99. The molecule has 1 aromatic heterocycles. The molecular formula is C21H20N2O3S. The number of carbonyl (C=O) groups is 1. The Kier molecular flexibility index (Phi) is 6.33. The number of amides is 1. The van der Waals surface area contributed by atoms with Crippen LogP contribution in [0.15, 0.2) is 71.9 Å². The number of rotatable bonds is 7. The van der Waals surface area contributed by atoms with E-state index in [-0.39, 0.29) is 5.91 Å². The van der Waals surface area contributed by atoms with Crippen molar-refractivity contribution in [1.82, 2.24) is 4.98 Å². The van der Waals surface area contributed by atoms with Crippen molar-refractivity contribution in [3.8, 4) is 11.5 Å². The van der Waals surface area contributed by atoms with Gasteiger partial charge in [0.2, 0.25) is 0 Å². The first kappa shape index (κ1) is 18.8. The number of hydrogen-bond donors (Lipinski definition) is 1. The third-order valence-electron chi connectivity index (χ3n) is 3.89. The van der Waals surface area contributed by atoms with Gasteiger partial charge in [0.25, 0.3) is 5.91 Å². The lowest BCUT2D eigenvalue weighted by atomic mass is 10.1. The fraction of sp³-hybridized carbons (Fsp3) is 0.143. The van der Waals surface area contributed by atoms with E-state index < -0.39 is 0 Å². The number of ether oxygens (including phenoxy) is 2. The van der Waals surface area contributed by atoms with Crippen LogP contribution in [0.3, 0.4) is 0 Å². The number of pyridine rings is 1. The molecule has 0 bridgehead atoms. The summed E-state index contributed by atoms with van der Waals surface area (Å²) in [5, 5.41) is 2.89. The Morgan fingerprint density at radius 1 is 1.04 bits per heavy atom. The summed E-state index contributed by atoms with van der Waals surface area (Å²) in [5.41, 5.74) is 2.31. The molecular weight excluding hydrogens is 360 g/mol. The van der Waals surface area contributed by atoms with Crippen molar-refractivity contribution in [3.05, 3.63) is 78.1 Å². The molecule has 0 unspecified atom stereocenters. The summed E-state index contributed by atoms with van der Waals surface area (Å²) >= 11 is 1.72. The van der Waals surface area contributed by atoms with Crippen LogP contribution >= 0.6 is 11.8 Å². The molecule has 138 valence electrons. The molecule has 27 heavy (non-hydrogen) atoms. The molecule has 1 heterocycles. The standard InChI is InChI=1S/C21H20N2O3S/c1-25-19-7-3-6-18(20(19)26-2)21(24)23-16-8-10-17(11-9-16)27-14-15-5-4-12-22-13-15/h3-13H,14H2,1-2H3,(H,23,24). The predicted octanol–water partition coefficient (Wildman–Crippen LogP) is 4.64. The molecule has 0 aliphatic carbocycles. The number of methoxy groups -OCH3 is 2. The highest BCUT2D eigenvalue weighted by Crippen LogP contribution is 2.31. The number of thioether (sulfide) groups is 1. The molecule has 6 heteroatoms. The van der Waals surface area contributed by atoms with Gasteiger partial charge < -0.3 is 14.8 Å². The fourth-order valence-corrected chi connectivity index (χ4v) is 3.38. The molecule has 2 aromatic carbocycles. The number of carbonyl (C=O) groups excluding carboxylic acids is 1. The number of hydrogen-bond acceptors (Lipinski definition) is 5. The zero-order chi connectivity index (χ0) is 19.1. The van der Waals surface area contributed by atoms with Crippen molar-refractivity contribution in [2.45, 2.75) is 10.6 Å². The van der Waals surface area contributed by atoms with E-state index in [1.54, 1.807) is 43.3 Å². The molecule has 0 atom stereocenters. The van der Waals surface area contributed by atoms with Gasteiger partial charge in [0.15, 0.2) is 11.5 Å². The predicted molar refractivity (Wildman–Crippen MR) is 108 cm³/mol. The third kappa shape index (κ3) is 4.80. The van der Waals surface area contributed by atoms with Crippen LogP contribution in [0.1, 0.15) is 15.9 Å². The highest BCUT2D eigenvalue weighted by atomic mass is 32.2. The molecule has 1 amide bonds. The maximum Gasteiger partial charge on any atom is 0.259 e. The van der Waals surface area contributed by atoms with Crippen molar-refractivity contribution in [2.24, 2.45) is 0 Å². The van der Waals surface area contributed by atoms with Crippen molar-refractivity contribution in [2.75, 3.05) is 19.5 Å². The van der Waals surface area contributed by atoms with Crippen molar-refractivity contribution in [1.29, 1.82) is 0 Å². The zero-order valence-corrected chi connectivity index (χ0v) is 16.0. The Bertz CT molecular complexity index is 899. The summed E-state index contributed by atoms with van der Waals surface area (Å²) in [6, 6.07) is 16.9. The number of aromatic nitrogens is 1. The molecule has 5 nitrogen and oxygen atoms in total. The average molecular weight is 380 g/mol. The van der Waals surface area contributed by atoms with Crippen LogP contribution in [-0.4, -0.2) is 25.1 Å². The summed E-state index contributed by atoms with van der Waals surface area (Å²) in [7, 11) is 3.06. The summed E-state index contributed by atoms with van der Waals surface area (Å²) in [4.78, 5) is 17.8. The van der Waals surface area contributed by atoms with E-state index in [1.807, 2.05) is 36.5 Å². The van der Waals surface area contributed by atoms with Gasteiger partial charge in [-0.3, -0.25) is 9.78 Å². The van der Waals surface area contributed by atoms with Crippen LogP contribution in [-0.2, 0) is 5.75 Å². The summed E-state index contributed by atoms with van der Waals surface area (Å²) in [6.07, 6.45) is 3.63. The second-order valence-corrected chi connectivity index (χ2v) is 6.72. The Labute approximate surface area is 162 Å². The second-order valence-electron chi connectivity index (χ2n) is 5.67. The fourth-order valence-electron chi connectivity index (χ4n) is 2.55. The average Bonchev–Trinajstić information content (AvgIpc) is 2.73. The van der Waals surface area contributed by atoms with Crippen LogP contribution in [0.2, 0.25) is 0 Å². The lowest BCUT2D eigenvalue weighted by Gasteiger charge is -2.12. The zero-order valence-electron chi connectivity index (χ0n) is 15.1. The molecule has 0 aliphatic heterocycles. The summed E-state index contributed by atoms with van der Waals surface area (Å²) in [5.74, 6) is 1.54. The lowest BCUT2D eigenvalue weighted by Crippen LogP contribution is -2.13. The van der Waals surface area contributed by atoms with Crippen LogP contribution in [0.4, 0.5) is 5.69 Å². The largest absolute Gasteiger partial charge is 0.493 e. The number of nitrogens with one attached hydrogen (secondary N) is 1. The number of para-hydroxylation sites is 1. The molecule has 0 aliphatic rings. The van der Waals surface area contributed by atoms with Gasteiger partial charge in [0.1, 0.15) is 0 Å². The van der Waals surface area contributed by atoms with E-state index in [4.69, 9.17) is 9.47 Å². The van der Waals surface area contributed by atoms with Gasteiger partial charge in [-0.25, -0.2) is 0 Å². The molecule has 0 spiro atoms.